The number of hydrogen-bond acceptors (Lipinski definition) is 2. The van der Waals surface area contributed by atoms with E-state index in [1.165, 1.54) is 12.1 Å². The average molecular weight is 370 g/mol. The number of hydrogen-bond donors (Lipinski definition) is 1. The monoisotopic (exact) mass is 370 g/mol. The summed E-state index contributed by atoms with van der Waals surface area (Å²) in [5.41, 5.74) is 1.78. The summed E-state index contributed by atoms with van der Waals surface area (Å²) < 4.78 is 13.2. The second-order valence-corrected chi connectivity index (χ2v) is 6.50. The van der Waals surface area contributed by atoms with E-state index in [-0.39, 0.29) is 24.2 Å². The number of nitrogens with one attached hydrogen (secondary N) is 1. The fourth-order valence-electron chi connectivity index (χ4n) is 2.91. The highest BCUT2D eigenvalue weighted by Crippen LogP contribution is 2.16. The first-order valence-corrected chi connectivity index (χ1v) is 9.40. The first kappa shape index (κ1) is 20.6. The van der Waals surface area contributed by atoms with Crippen LogP contribution in [0.1, 0.15) is 37.8 Å². The van der Waals surface area contributed by atoms with Crippen molar-refractivity contribution in [3.8, 4) is 0 Å². The van der Waals surface area contributed by atoms with Crippen LogP contribution in [-0.2, 0) is 22.6 Å². The van der Waals surface area contributed by atoms with Gasteiger partial charge >= 0.3 is 0 Å². The zero-order valence-electron chi connectivity index (χ0n) is 16.0. The van der Waals surface area contributed by atoms with Crippen LogP contribution in [0, 0.1) is 5.82 Å². The second kappa shape index (κ2) is 10.5. The second-order valence-electron chi connectivity index (χ2n) is 6.50. The van der Waals surface area contributed by atoms with E-state index in [9.17, 15) is 14.0 Å². The molecule has 0 aliphatic rings. The molecule has 144 valence electrons. The normalized spacial score (nSPS) is 11.7. The van der Waals surface area contributed by atoms with Gasteiger partial charge in [-0.2, -0.15) is 0 Å². The van der Waals surface area contributed by atoms with Crippen molar-refractivity contribution < 1.29 is 14.0 Å². The minimum Gasteiger partial charge on any atom is -0.354 e. The summed E-state index contributed by atoms with van der Waals surface area (Å²) in [6, 6.07) is 15.1. The highest BCUT2D eigenvalue weighted by atomic mass is 19.1. The quantitative estimate of drug-likeness (QED) is 0.732. The fourth-order valence-corrected chi connectivity index (χ4v) is 2.91. The van der Waals surface area contributed by atoms with Crippen molar-refractivity contribution in [2.24, 2.45) is 0 Å². The molecule has 1 atom stereocenters. The van der Waals surface area contributed by atoms with Crippen LogP contribution in [0.5, 0.6) is 0 Å². The van der Waals surface area contributed by atoms with Crippen LogP contribution in [0.25, 0.3) is 0 Å². The molecule has 0 bridgehead atoms. The summed E-state index contributed by atoms with van der Waals surface area (Å²) >= 11 is 0. The van der Waals surface area contributed by atoms with E-state index in [0.29, 0.717) is 19.4 Å². The van der Waals surface area contributed by atoms with E-state index in [4.69, 9.17) is 0 Å². The smallest absolute Gasteiger partial charge is 0.243 e. The third-order valence-electron chi connectivity index (χ3n) is 4.39. The zero-order chi connectivity index (χ0) is 19.6. The maximum atomic E-state index is 13.2. The van der Waals surface area contributed by atoms with E-state index in [2.05, 4.69) is 5.32 Å². The van der Waals surface area contributed by atoms with Crippen molar-refractivity contribution in [3.05, 3.63) is 71.5 Å². The Morgan fingerprint density at radius 1 is 1.00 bits per heavy atom. The molecule has 2 aromatic rings. The molecule has 0 radical (unpaired) electrons. The van der Waals surface area contributed by atoms with Crippen LogP contribution in [0.15, 0.2) is 54.6 Å². The third kappa shape index (κ3) is 6.20. The lowest BCUT2D eigenvalue weighted by molar-refractivity contribution is -0.141. The molecule has 0 unspecified atom stereocenters. The highest BCUT2D eigenvalue weighted by Gasteiger charge is 2.29. The molecule has 2 rings (SSSR count). The van der Waals surface area contributed by atoms with Gasteiger partial charge in [-0.05, 0) is 29.7 Å². The van der Waals surface area contributed by atoms with Gasteiger partial charge in [0.2, 0.25) is 11.8 Å². The lowest BCUT2D eigenvalue weighted by Gasteiger charge is -2.31. The minimum atomic E-state index is -0.614. The Hall–Kier alpha value is -2.69. The molecule has 0 aliphatic heterocycles. The van der Waals surface area contributed by atoms with Gasteiger partial charge in [0.25, 0.3) is 0 Å². The van der Waals surface area contributed by atoms with Gasteiger partial charge in [0.15, 0.2) is 0 Å². The molecule has 27 heavy (non-hydrogen) atoms. The van der Waals surface area contributed by atoms with E-state index >= 15 is 0 Å². The van der Waals surface area contributed by atoms with E-state index < -0.39 is 6.04 Å². The number of benzene rings is 2. The van der Waals surface area contributed by atoms with Crippen LogP contribution in [0.3, 0.4) is 0 Å². The molecule has 2 aromatic carbocycles. The number of nitrogens with zero attached hydrogens (tertiary/aromatic N) is 1. The van der Waals surface area contributed by atoms with Crippen molar-refractivity contribution in [2.45, 2.75) is 45.7 Å². The van der Waals surface area contributed by atoms with Crippen LogP contribution in [-0.4, -0.2) is 29.3 Å². The average Bonchev–Trinajstić information content (AvgIpc) is 2.70. The van der Waals surface area contributed by atoms with Crippen LogP contribution >= 0.6 is 0 Å². The summed E-state index contributed by atoms with van der Waals surface area (Å²) in [5.74, 6) is -0.592. The Bertz CT molecular complexity index is 732. The summed E-state index contributed by atoms with van der Waals surface area (Å²) in [6.07, 6.45) is 1.56. The summed E-state index contributed by atoms with van der Waals surface area (Å²) in [7, 11) is 0. The molecule has 5 heteroatoms. The first-order valence-electron chi connectivity index (χ1n) is 9.40. The zero-order valence-corrected chi connectivity index (χ0v) is 16.0. The van der Waals surface area contributed by atoms with E-state index in [0.717, 1.165) is 17.5 Å². The SMILES string of the molecule is CCCNC(=O)[C@@H](Cc1ccccc1)N(Cc1ccc(F)cc1)C(=O)CC. The Labute approximate surface area is 160 Å². The topological polar surface area (TPSA) is 49.4 Å². The van der Waals surface area contributed by atoms with E-state index in [1.807, 2.05) is 37.3 Å². The van der Waals surface area contributed by atoms with Gasteiger partial charge < -0.3 is 10.2 Å². The molecular formula is C22H27FN2O2. The van der Waals surface area contributed by atoms with Crippen molar-refractivity contribution in [1.29, 1.82) is 0 Å². The van der Waals surface area contributed by atoms with Gasteiger partial charge in [-0.1, -0.05) is 56.3 Å². The fraction of sp³-hybridized carbons (Fsp3) is 0.364. The molecule has 0 saturated heterocycles. The Morgan fingerprint density at radius 2 is 1.67 bits per heavy atom. The molecule has 0 aromatic heterocycles. The van der Waals surface area contributed by atoms with Crippen molar-refractivity contribution in [3.63, 3.8) is 0 Å². The Morgan fingerprint density at radius 3 is 2.26 bits per heavy atom. The minimum absolute atomic E-state index is 0.105. The predicted octanol–water partition coefficient (Wildman–Crippen LogP) is 3.70. The van der Waals surface area contributed by atoms with Gasteiger partial charge in [0.1, 0.15) is 11.9 Å². The Kier molecular flexibility index (Phi) is 7.99. The lowest BCUT2D eigenvalue weighted by atomic mass is 10.0. The number of carbonyl (C=O) groups is 2. The maximum Gasteiger partial charge on any atom is 0.243 e. The van der Waals surface area contributed by atoms with Gasteiger partial charge in [0.05, 0.1) is 0 Å². The molecule has 1 N–H and O–H groups in total. The predicted molar refractivity (Wildman–Crippen MR) is 104 cm³/mol. The van der Waals surface area contributed by atoms with Gasteiger partial charge in [-0.15, -0.1) is 0 Å². The van der Waals surface area contributed by atoms with E-state index in [1.54, 1.807) is 24.0 Å². The Balaban J connectivity index is 2.30. The van der Waals surface area contributed by atoms with Crippen molar-refractivity contribution in [1.82, 2.24) is 10.2 Å². The van der Waals surface area contributed by atoms with Crippen molar-refractivity contribution in [2.75, 3.05) is 6.54 Å². The molecule has 0 aliphatic carbocycles. The first-order chi connectivity index (χ1) is 13.0. The van der Waals surface area contributed by atoms with Crippen LogP contribution < -0.4 is 5.32 Å². The summed E-state index contributed by atoms with van der Waals surface area (Å²) in [4.78, 5) is 27.1. The molecule has 0 spiro atoms. The molecule has 0 fully saturated rings. The molecule has 0 saturated carbocycles. The molecule has 0 heterocycles. The highest BCUT2D eigenvalue weighted by molar-refractivity contribution is 5.87. The number of carbonyl (C=O) groups excluding carboxylic acids is 2. The standard InChI is InChI=1S/C22H27FN2O2/c1-3-14-24-22(27)20(15-17-8-6-5-7-9-17)25(21(26)4-2)16-18-10-12-19(23)13-11-18/h5-13,20H,3-4,14-16H2,1-2H3,(H,24,27)/t20-/m1/s1. The molecule has 2 amide bonds. The number of rotatable bonds is 9. The number of amides is 2. The van der Waals surface area contributed by atoms with Gasteiger partial charge in [-0.25, -0.2) is 4.39 Å². The summed E-state index contributed by atoms with van der Waals surface area (Å²) in [6.45, 7) is 4.60. The molecule has 4 nitrogen and oxygen atoms in total. The largest absolute Gasteiger partial charge is 0.354 e. The van der Waals surface area contributed by atoms with Crippen LogP contribution in [0.2, 0.25) is 0 Å². The van der Waals surface area contributed by atoms with Gasteiger partial charge in [-0.3, -0.25) is 9.59 Å². The lowest BCUT2D eigenvalue weighted by Crippen LogP contribution is -2.50. The molecular weight excluding hydrogens is 343 g/mol. The van der Waals surface area contributed by atoms with Gasteiger partial charge in [0, 0.05) is 25.9 Å². The maximum absolute atomic E-state index is 13.2. The third-order valence-corrected chi connectivity index (χ3v) is 4.39. The summed E-state index contributed by atoms with van der Waals surface area (Å²) in [5, 5.41) is 2.91. The van der Waals surface area contributed by atoms with Crippen molar-refractivity contribution >= 4 is 11.8 Å². The number of halogens is 1. The van der Waals surface area contributed by atoms with Crippen LogP contribution in [0.4, 0.5) is 4.39 Å².